The molecule has 1 aliphatic rings. The van der Waals surface area contributed by atoms with Gasteiger partial charge in [-0.1, -0.05) is 12.1 Å². The van der Waals surface area contributed by atoms with Gasteiger partial charge in [0.1, 0.15) is 5.82 Å². The van der Waals surface area contributed by atoms with E-state index < -0.39 is 0 Å². The van der Waals surface area contributed by atoms with Gasteiger partial charge < -0.3 is 15.0 Å². The maximum absolute atomic E-state index is 12.3. The highest BCUT2D eigenvalue weighted by Gasteiger charge is 2.13. The van der Waals surface area contributed by atoms with Gasteiger partial charge >= 0.3 is 0 Å². The molecule has 5 nitrogen and oxygen atoms in total. The van der Waals surface area contributed by atoms with E-state index in [1.807, 2.05) is 30.3 Å². The first kappa shape index (κ1) is 15.5. The summed E-state index contributed by atoms with van der Waals surface area (Å²) in [6, 6.07) is 11.3. The number of carbonyl (C=O) groups excluding carboxylic acids is 1. The van der Waals surface area contributed by atoms with E-state index in [2.05, 4.69) is 15.2 Å². The molecule has 1 amide bonds. The summed E-state index contributed by atoms with van der Waals surface area (Å²) in [5.41, 5.74) is 2.29. The van der Waals surface area contributed by atoms with Gasteiger partial charge in [-0.25, -0.2) is 4.98 Å². The molecule has 0 radical (unpaired) electrons. The van der Waals surface area contributed by atoms with Gasteiger partial charge in [-0.15, -0.1) is 0 Å². The number of amides is 1. The van der Waals surface area contributed by atoms with Crippen molar-refractivity contribution in [1.82, 2.24) is 4.98 Å². The van der Waals surface area contributed by atoms with Crippen LogP contribution in [0.4, 0.5) is 11.5 Å². The lowest BCUT2D eigenvalue weighted by Crippen LogP contribution is -2.19. The summed E-state index contributed by atoms with van der Waals surface area (Å²) in [7, 11) is 1.64. The van der Waals surface area contributed by atoms with Crippen molar-refractivity contribution in [2.45, 2.75) is 19.4 Å². The molecular weight excluding hydrogens is 290 g/mol. The molecule has 1 N–H and O–H groups in total. The fourth-order valence-corrected chi connectivity index (χ4v) is 2.77. The number of rotatable bonds is 5. The van der Waals surface area contributed by atoms with Gasteiger partial charge in [0.15, 0.2) is 0 Å². The standard InChI is InChI=1S/C18H21N3O2/c1-23-13-14-5-4-6-15(11-14)18(22)20-16-7-8-17(19-12-16)21-9-2-3-10-21/h4-8,11-12H,2-3,9-10,13H2,1H3,(H,20,22). The number of aromatic nitrogens is 1. The molecule has 1 fully saturated rings. The number of nitrogens with zero attached hydrogens (tertiary/aromatic N) is 2. The predicted octanol–water partition coefficient (Wildman–Crippen LogP) is 3.08. The van der Waals surface area contributed by atoms with Crippen molar-refractivity contribution in [2.24, 2.45) is 0 Å². The number of hydrogen-bond donors (Lipinski definition) is 1. The number of ether oxygens (including phenoxy) is 1. The Bertz CT molecular complexity index is 664. The first-order valence-electron chi connectivity index (χ1n) is 7.86. The summed E-state index contributed by atoms with van der Waals surface area (Å²) in [6.07, 6.45) is 4.15. The van der Waals surface area contributed by atoms with Crippen molar-refractivity contribution >= 4 is 17.4 Å². The Kier molecular flexibility index (Phi) is 4.88. The van der Waals surface area contributed by atoms with Crippen molar-refractivity contribution in [2.75, 3.05) is 30.4 Å². The number of methoxy groups -OCH3 is 1. The minimum absolute atomic E-state index is 0.140. The fraction of sp³-hybridized carbons (Fsp3) is 0.333. The molecule has 1 aromatic carbocycles. The molecule has 3 rings (SSSR count). The number of benzene rings is 1. The average molecular weight is 311 g/mol. The second-order valence-corrected chi connectivity index (χ2v) is 5.69. The van der Waals surface area contributed by atoms with Crippen LogP contribution in [-0.2, 0) is 11.3 Å². The normalized spacial score (nSPS) is 14.0. The van der Waals surface area contributed by atoms with Crippen molar-refractivity contribution < 1.29 is 9.53 Å². The number of anilines is 2. The SMILES string of the molecule is COCc1cccc(C(=O)Nc2ccc(N3CCCC3)nc2)c1. The monoisotopic (exact) mass is 311 g/mol. The van der Waals surface area contributed by atoms with Crippen molar-refractivity contribution in [1.29, 1.82) is 0 Å². The Hall–Kier alpha value is -2.40. The Morgan fingerprint density at radius 3 is 2.78 bits per heavy atom. The third-order valence-corrected chi connectivity index (χ3v) is 3.94. The van der Waals surface area contributed by atoms with E-state index in [4.69, 9.17) is 4.74 Å². The van der Waals surface area contributed by atoms with Gasteiger partial charge in [0.25, 0.3) is 5.91 Å². The molecule has 1 aliphatic heterocycles. The lowest BCUT2D eigenvalue weighted by molar-refractivity contribution is 0.102. The van der Waals surface area contributed by atoms with E-state index in [0.717, 1.165) is 24.5 Å². The largest absolute Gasteiger partial charge is 0.380 e. The van der Waals surface area contributed by atoms with Gasteiger partial charge in [-0.05, 0) is 42.7 Å². The highest BCUT2D eigenvalue weighted by molar-refractivity contribution is 6.04. The van der Waals surface area contributed by atoms with E-state index >= 15 is 0 Å². The van der Waals surface area contributed by atoms with Crippen LogP contribution in [0.5, 0.6) is 0 Å². The molecule has 120 valence electrons. The van der Waals surface area contributed by atoms with E-state index in [-0.39, 0.29) is 5.91 Å². The molecule has 0 atom stereocenters. The second-order valence-electron chi connectivity index (χ2n) is 5.69. The Morgan fingerprint density at radius 2 is 2.09 bits per heavy atom. The zero-order chi connectivity index (χ0) is 16.1. The van der Waals surface area contributed by atoms with Gasteiger partial charge in [0.2, 0.25) is 0 Å². The zero-order valence-corrected chi connectivity index (χ0v) is 13.3. The molecule has 0 saturated carbocycles. The third-order valence-electron chi connectivity index (χ3n) is 3.94. The number of carbonyl (C=O) groups is 1. The third kappa shape index (κ3) is 3.87. The van der Waals surface area contributed by atoms with Crippen molar-refractivity contribution in [3.05, 3.63) is 53.7 Å². The van der Waals surface area contributed by atoms with Crippen molar-refractivity contribution in [3.8, 4) is 0 Å². The van der Waals surface area contributed by atoms with E-state index in [0.29, 0.717) is 17.9 Å². The molecule has 1 saturated heterocycles. The highest BCUT2D eigenvalue weighted by atomic mass is 16.5. The molecule has 5 heteroatoms. The van der Waals surface area contributed by atoms with Crippen molar-refractivity contribution in [3.63, 3.8) is 0 Å². The first-order chi connectivity index (χ1) is 11.3. The van der Waals surface area contributed by atoms with Crippen LogP contribution >= 0.6 is 0 Å². The van der Waals surface area contributed by atoms with E-state index in [1.54, 1.807) is 19.4 Å². The van der Waals surface area contributed by atoms with Crippen LogP contribution in [-0.4, -0.2) is 31.1 Å². The maximum Gasteiger partial charge on any atom is 0.255 e. The Morgan fingerprint density at radius 1 is 1.26 bits per heavy atom. The van der Waals surface area contributed by atoms with E-state index in [1.165, 1.54) is 12.8 Å². The fourth-order valence-electron chi connectivity index (χ4n) is 2.77. The van der Waals surface area contributed by atoms with Gasteiger partial charge in [0.05, 0.1) is 18.5 Å². The average Bonchev–Trinajstić information content (AvgIpc) is 3.11. The lowest BCUT2D eigenvalue weighted by atomic mass is 10.1. The van der Waals surface area contributed by atoms with Crippen LogP contribution < -0.4 is 10.2 Å². The van der Waals surface area contributed by atoms with Gasteiger partial charge in [-0.3, -0.25) is 4.79 Å². The highest BCUT2D eigenvalue weighted by Crippen LogP contribution is 2.19. The van der Waals surface area contributed by atoms with Crippen LogP contribution in [0, 0.1) is 0 Å². The summed E-state index contributed by atoms with van der Waals surface area (Å²) in [5.74, 6) is 0.835. The Balaban J connectivity index is 1.66. The topological polar surface area (TPSA) is 54.5 Å². The van der Waals surface area contributed by atoms with Crippen LogP contribution in [0.25, 0.3) is 0 Å². The quantitative estimate of drug-likeness (QED) is 0.922. The predicted molar refractivity (Wildman–Crippen MR) is 90.8 cm³/mol. The molecular formula is C18H21N3O2. The molecule has 0 unspecified atom stereocenters. The summed E-state index contributed by atoms with van der Waals surface area (Å²) in [6.45, 7) is 2.61. The molecule has 23 heavy (non-hydrogen) atoms. The minimum Gasteiger partial charge on any atom is -0.380 e. The van der Waals surface area contributed by atoms with Gasteiger partial charge in [-0.2, -0.15) is 0 Å². The Labute approximate surface area is 136 Å². The van der Waals surface area contributed by atoms with E-state index in [9.17, 15) is 4.79 Å². The summed E-state index contributed by atoms with van der Waals surface area (Å²) in [5, 5.41) is 2.88. The number of nitrogens with one attached hydrogen (secondary N) is 1. The smallest absolute Gasteiger partial charge is 0.255 e. The van der Waals surface area contributed by atoms with Gasteiger partial charge in [0, 0.05) is 25.8 Å². The number of hydrogen-bond acceptors (Lipinski definition) is 4. The molecule has 0 aliphatic carbocycles. The first-order valence-corrected chi connectivity index (χ1v) is 7.86. The minimum atomic E-state index is -0.140. The van der Waals surface area contributed by atoms with Crippen LogP contribution in [0.15, 0.2) is 42.6 Å². The van der Waals surface area contributed by atoms with Crippen LogP contribution in [0.3, 0.4) is 0 Å². The zero-order valence-electron chi connectivity index (χ0n) is 13.3. The molecule has 2 aromatic rings. The number of pyridine rings is 1. The molecule has 0 bridgehead atoms. The molecule has 0 spiro atoms. The summed E-state index contributed by atoms with van der Waals surface area (Å²) >= 11 is 0. The second kappa shape index (κ2) is 7.24. The summed E-state index contributed by atoms with van der Waals surface area (Å²) < 4.78 is 5.10. The summed E-state index contributed by atoms with van der Waals surface area (Å²) in [4.78, 5) is 19.0. The maximum atomic E-state index is 12.3. The van der Waals surface area contributed by atoms with Crippen LogP contribution in [0.1, 0.15) is 28.8 Å². The lowest BCUT2D eigenvalue weighted by Gasteiger charge is -2.16. The molecule has 1 aromatic heterocycles. The molecule has 2 heterocycles. The van der Waals surface area contributed by atoms with Crippen LogP contribution in [0.2, 0.25) is 0 Å².